The van der Waals surface area contributed by atoms with E-state index in [2.05, 4.69) is 45.4 Å². The lowest BCUT2D eigenvalue weighted by atomic mass is 9.68. The molecule has 3 heteroatoms. The lowest BCUT2D eigenvalue weighted by molar-refractivity contribution is 1.07. The monoisotopic (exact) mass is 154 g/mol. The maximum absolute atomic E-state index is 4.46. The fraction of sp³-hybridized carbons (Fsp3) is 0.857. The molecule has 10 heavy (non-hydrogen) atoms. The standard InChI is InChI=1S/C7H17BNSi/c1-7(2)8-6-9-10(3,4)5/h6-7H,1-5H3. The molecule has 0 amide bonds. The highest BCUT2D eigenvalue weighted by Crippen LogP contribution is 2.01. The van der Waals surface area contributed by atoms with Gasteiger partial charge in [0.2, 0.25) is 0 Å². The molecule has 0 spiro atoms. The third-order valence-corrected chi connectivity index (χ3v) is 1.86. The van der Waals surface area contributed by atoms with E-state index < -0.39 is 8.24 Å². The molecule has 0 rings (SSSR count). The maximum atomic E-state index is 4.46. The van der Waals surface area contributed by atoms with E-state index in [0.717, 1.165) is 0 Å². The summed E-state index contributed by atoms with van der Waals surface area (Å²) in [5.74, 6) is 0.625. The van der Waals surface area contributed by atoms with Gasteiger partial charge < -0.3 is 4.66 Å². The highest BCUT2D eigenvalue weighted by molar-refractivity contribution is 6.79. The van der Waals surface area contributed by atoms with Crippen LogP contribution in [0.4, 0.5) is 0 Å². The lowest BCUT2D eigenvalue weighted by Crippen LogP contribution is -2.17. The number of nitrogens with zero attached hydrogens (tertiary/aromatic N) is 1. The van der Waals surface area contributed by atoms with Crippen molar-refractivity contribution in [2.24, 2.45) is 4.66 Å². The Balaban J connectivity index is 3.57. The molecule has 0 saturated heterocycles. The topological polar surface area (TPSA) is 12.4 Å². The lowest BCUT2D eigenvalue weighted by Gasteiger charge is -2.07. The Labute approximate surface area is 66.3 Å². The summed E-state index contributed by atoms with van der Waals surface area (Å²) in [5.41, 5.74) is 0. The van der Waals surface area contributed by atoms with Crippen molar-refractivity contribution < 1.29 is 0 Å². The van der Waals surface area contributed by atoms with Crippen LogP contribution in [0.15, 0.2) is 4.66 Å². The normalized spacial score (nSPS) is 13.0. The quantitative estimate of drug-likeness (QED) is 0.437. The minimum atomic E-state index is -1.19. The Morgan fingerprint density at radius 2 is 1.80 bits per heavy atom. The smallest absolute Gasteiger partial charge is 0.170 e. The van der Waals surface area contributed by atoms with Crippen molar-refractivity contribution in [3.8, 4) is 0 Å². The van der Waals surface area contributed by atoms with Gasteiger partial charge in [-0.15, -0.1) is 0 Å². The molecule has 0 saturated carbocycles. The third-order valence-electron chi connectivity index (χ3n) is 0.933. The minimum absolute atomic E-state index is 0.625. The third kappa shape index (κ3) is 7.95. The molecule has 0 N–H and O–H groups in total. The molecule has 0 aliphatic heterocycles. The average molecular weight is 154 g/mol. The molecule has 1 nitrogen and oxygen atoms in total. The summed E-state index contributed by atoms with van der Waals surface area (Å²) in [6, 6.07) is 0. The average Bonchev–Trinajstić information content (AvgIpc) is 1.59. The largest absolute Gasteiger partial charge is 0.344 e. The van der Waals surface area contributed by atoms with Gasteiger partial charge in [0.1, 0.15) is 0 Å². The summed E-state index contributed by atoms with van der Waals surface area (Å²) in [5, 5.41) is 0. The second-order valence-corrected chi connectivity index (χ2v) is 8.49. The summed E-state index contributed by atoms with van der Waals surface area (Å²) >= 11 is 0. The first kappa shape index (κ1) is 9.95. The van der Waals surface area contributed by atoms with Crippen LogP contribution >= 0.6 is 0 Å². The molecule has 57 valence electrons. The van der Waals surface area contributed by atoms with Gasteiger partial charge in [0.15, 0.2) is 15.5 Å². The van der Waals surface area contributed by atoms with Gasteiger partial charge in [-0.25, -0.2) is 0 Å². The van der Waals surface area contributed by atoms with Gasteiger partial charge in [-0.2, -0.15) is 0 Å². The number of hydrogen-bond donors (Lipinski definition) is 0. The Bertz CT molecular complexity index is 115. The van der Waals surface area contributed by atoms with Crippen molar-refractivity contribution in [2.45, 2.75) is 39.3 Å². The summed E-state index contributed by atoms with van der Waals surface area (Å²) in [6.07, 6.45) is 1.97. The van der Waals surface area contributed by atoms with Crippen LogP contribution in [0.2, 0.25) is 25.5 Å². The van der Waals surface area contributed by atoms with Gasteiger partial charge >= 0.3 is 0 Å². The van der Waals surface area contributed by atoms with Gasteiger partial charge in [-0.3, -0.25) is 0 Å². The van der Waals surface area contributed by atoms with E-state index >= 15 is 0 Å². The Hall–Kier alpha value is -0.0482. The van der Waals surface area contributed by atoms with Crippen LogP contribution in [0, 0.1) is 0 Å². The Kier molecular flexibility index (Phi) is 3.94. The molecule has 0 unspecified atom stereocenters. The van der Waals surface area contributed by atoms with Gasteiger partial charge in [-0.05, 0) is 0 Å². The molecule has 0 aromatic rings. The zero-order chi connectivity index (χ0) is 8.20. The van der Waals surface area contributed by atoms with Crippen molar-refractivity contribution in [3.05, 3.63) is 0 Å². The molecule has 1 radical (unpaired) electrons. The van der Waals surface area contributed by atoms with Crippen molar-refractivity contribution in [1.82, 2.24) is 0 Å². The number of hydrogen-bond acceptors (Lipinski definition) is 1. The molecule has 0 aliphatic rings. The molecular formula is C7H17BNSi. The van der Waals surface area contributed by atoms with E-state index in [9.17, 15) is 0 Å². The molecule has 0 heterocycles. The molecule has 0 atom stereocenters. The Morgan fingerprint density at radius 3 is 2.10 bits per heavy atom. The highest BCUT2D eigenvalue weighted by Gasteiger charge is 2.08. The zero-order valence-electron chi connectivity index (χ0n) is 7.68. The van der Waals surface area contributed by atoms with E-state index in [1.54, 1.807) is 0 Å². The van der Waals surface area contributed by atoms with Crippen molar-refractivity contribution in [2.75, 3.05) is 0 Å². The molecular weight excluding hydrogens is 137 g/mol. The van der Waals surface area contributed by atoms with Crippen LogP contribution in [0.25, 0.3) is 0 Å². The maximum Gasteiger partial charge on any atom is 0.170 e. The fourth-order valence-corrected chi connectivity index (χ4v) is 0.972. The number of rotatable bonds is 3. The molecule has 0 fully saturated rings. The fourth-order valence-electron chi connectivity index (χ4n) is 0.439. The Morgan fingerprint density at radius 1 is 1.30 bits per heavy atom. The van der Waals surface area contributed by atoms with Crippen LogP contribution in [0.3, 0.4) is 0 Å². The predicted octanol–water partition coefficient (Wildman–Crippen LogP) is 2.38. The SMILES string of the molecule is CC(C)[B]C=N[Si](C)(C)C. The summed E-state index contributed by atoms with van der Waals surface area (Å²) in [6.45, 7) is 11.0. The molecule has 0 aliphatic carbocycles. The molecule has 0 aromatic carbocycles. The van der Waals surface area contributed by atoms with Crippen molar-refractivity contribution >= 4 is 21.6 Å². The van der Waals surface area contributed by atoms with Crippen LogP contribution in [-0.2, 0) is 0 Å². The summed E-state index contributed by atoms with van der Waals surface area (Å²) < 4.78 is 4.46. The van der Waals surface area contributed by atoms with Gasteiger partial charge in [0.05, 0.1) is 0 Å². The molecule has 0 aromatic heterocycles. The summed E-state index contributed by atoms with van der Waals surface area (Å²) in [7, 11) is 0.951. The van der Waals surface area contributed by atoms with Gasteiger partial charge in [0.25, 0.3) is 0 Å². The van der Waals surface area contributed by atoms with Crippen LogP contribution in [0.5, 0.6) is 0 Å². The van der Waals surface area contributed by atoms with E-state index in [-0.39, 0.29) is 0 Å². The summed E-state index contributed by atoms with van der Waals surface area (Å²) in [4.78, 5) is 0. The van der Waals surface area contributed by atoms with Crippen LogP contribution < -0.4 is 0 Å². The van der Waals surface area contributed by atoms with Gasteiger partial charge in [0, 0.05) is 0 Å². The van der Waals surface area contributed by atoms with Crippen molar-refractivity contribution in [1.29, 1.82) is 0 Å². The first-order valence-electron chi connectivity index (χ1n) is 3.80. The zero-order valence-corrected chi connectivity index (χ0v) is 8.68. The highest BCUT2D eigenvalue weighted by atomic mass is 28.3. The van der Waals surface area contributed by atoms with E-state index in [1.165, 1.54) is 0 Å². The van der Waals surface area contributed by atoms with Crippen LogP contribution in [-0.4, -0.2) is 21.6 Å². The first-order valence-corrected chi connectivity index (χ1v) is 7.25. The predicted molar refractivity (Wildman–Crippen MR) is 52.7 cm³/mol. The first-order chi connectivity index (χ1) is 4.42. The molecule has 0 bridgehead atoms. The minimum Gasteiger partial charge on any atom is -0.344 e. The van der Waals surface area contributed by atoms with Crippen molar-refractivity contribution in [3.63, 3.8) is 0 Å². The second kappa shape index (κ2) is 3.96. The second-order valence-electron chi connectivity index (χ2n) is 3.89. The van der Waals surface area contributed by atoms with Crippen LogP contribution in [0.1, 0.15) is 13.8 Å². The van der Waals surface area contributed by atoms with E-state index in [1.807, 2.05) is 6.11 Å². The van der Waals surface area contributed by atoms with Gasteiger partial charge in [-0.1, -0.05) is 45.4 Å². The van der Waals surface area contributed by atoms with E-state index in [0.29, 0.717) is 5.82 Å². The van der Waals surface area contributed by atoms with E-state index in [4.69, 9.17) is 0 Å².